The van der Waals surface area contributed by atoms with Gasteiger partial charge in [-0.25, -0.2) is 4.79 Å². The van der Waals surface area contributed by atoms with E-state index in [0.717, 1.165) is 48.9 Å². The summed E-state index contributed by atoms with van der Waals surface area (Å²) in [5.41, 5.74) is 0.906. The molecule has 0 atom stereocenters. The molecule has 1 fully saturated rings. The minimum atomic E-state index is -0.213. The molecule has 0 saturated carbocycles. The number of nitrogens with one attached hydrogen (secondary N) is 1. The number of piperidine rings is 1. The molecule has 2 rings (SSSR count). The van der Waals surface area contributed by atoms with Crippen molar-refractivity contribution in [2.24, 2.45) is 0 Å². The average molecular weight is 425 g/mol. The van der Waals surface area contributed by atoms with Crippen LogP contribution in [0.1, 0.15) is 64.7 Å². The topological polar surface area (TPSA) is 41.6 Å². The maximum atomic E-state index is 12.8. The van der Waals surface area contributed by atoms with Gasteiger partial charge in [-0.05, 0) is 60.4 Å². The van der Waals surface area contributed by atoms with Crippen LogP contribution in [0.15, 0.2) is 28.7 Å². The van der Waals surface area contributed by atoms with Crippen molar-refractivity contribution in [3.8, 4) is 0 Å². The summed E-state index contributed by atoms with van der Waals surface area (Å²) in [7, 11) is 0. The first-order chi connectivity index (χ1) is 12.7. The molecule has 1 aliphatic rings. The van der Waals surface area contributed by atoms with Crippen molar-refractivity contribution in [2.45, 2.75) is 70.8 Å². The highest BCUT2D eigenvalue weighted by molar-refractivity contribution is 9.10. The molecule has 0 bridgehead atoms. The van der Waals surface area contributed by atoms with E-state index in [1.165, 1.54) is 32.1 Å². The Bertz CT molecular complexity index is 532. The van der Waals surface area contributed by atoms with Crippen molar-refractivity contribution >= 4 is 27.7 Å². The van der Waals surface area contributed by atoms with Gasteiger partial charge in [-0.2, -0.15) is 0 Å². The highest BCUT2D eigenvalue weighted by Crippen LogP contribution is 2.30. The van der Waals surface area contributed by atoms with Crippen molar-refractivity contribution in [3.63, 3.8) is 0 Å². The van der Waals surface area contributed by atoms with Crippen molar-refractivity contribution in [2.75, 3.05) is 24.6 Å². The van der Waals surface area contributed by atoms with Crippen LogP contribution in [0.25, 0.3) is 0 Å². The molecule has 4 nitrogen and oxygen atoms in total. The minimum absolute atomic E-state index is 0.191. The van der Waals surface area contributed by atoms with E-state index in [2.05, 4.69) is 28.2 Å². The third-order valence-electron chi connectivity index (χ3n) is 4.96. The minimum Gasteiger partial charge on any atom is -0.449 e. The smallest absolute Gasteiger partial charge is 0.414 e. The molecular formula is C21H33BrN2O2. The van der Waals surface area contributed by atoms with Crippen LogP contribution >= 0.6 is 15.9 Å². The van der Waals surface area contributed by atoms with Crippen molar-refractivity contribution in [1.82, 2.24) is 5.32 Å². The maximum absolute atomic E-state index is 12.8. The van der Waals surface area contributed by atoms with Crippen LogP contribution in [0.5, 0.6) is 0 Å². The molecule has 1 heterocycles. The van der Waals surface area contributed by atoms with Crippen LogP contribution in [0.4, 0.5) is 10.5 Å². The lowest BCUT2D eigenvalue weighted by Gasteiger charge is -2.34. The summed E-state index contributed by atoms with van der Waals surface area (Å²) in [6, 6.07) is 8.10. The summed E-state index contributed by atoms with van der Waals surface area (Å²) < 4.78 is 6.58. The van der Waals surface area contributed by atoms with E-state index in [1.54, 1.807) is 0 Å². The number of hydrogen-bond acceptors (Lipinski definition) is 3. The number of amides is 1. The highest BCUT2D eigenvalue weighted by Gasteiger charge is 2.29. The average Bonchev–Trinajstić information content (AvgIpc) is 2.66. The highest BCUT2D eigenvalue weighted by atomic mass is 79.9. The number of carbonyl (C=O) groups excluding carboxylic acids is 1. The molecule has 26 heavy (non-hydrogen) atoms. The number of unbranched alkanes of at least 4 members (excludes halogenated alkanes) is 6. The standard InChI is InChI=1S/C21H33BrN2O2/c1-2-3-4-5-6-7-10-17-26-21(25)24(18-13-15-23-16-14-18)20-12-9-8-11-19(20)22/h8-9,11-12,18,23H,2-7,10,13-17H2,1H3. The van der Waals surface area contributed by atoms with E-state index in [-0.39, 0.29) is 12.1 Å². The molecule has 0 aliphatic carbocycles. The fourth-order valence-corrected chi connectivity index (χ4v) is 3.92. The zero-order valence-corrected chi connectivity index (χ0v) is 17.6. The normalized spacial score (nSPS) is 15.0. The first-order valence-corrected chi connectivity index (χ1v) is 10.9. The molecule has 1 N–H and O–H groups in total. The molecule has 1 aliphatic heterocycles. The van der Waals surface area contributed by atoms with Gasteiger partial charge in [0.05, 0.1) is 12.3 Å². The second-order valence-electron chi connectivity index (χ2n) is 7.04. The third kappa shape index (κ3) is 6.92. The number of ether oxygens (including phenoxy) is 1. The fraction of sp³-hybridized carbons (Fsp3) is 0.667. The second-order valence-corrected chi connectivity index (χ2v) is 7.89. The summed E-state index contributed by atoms with van der Waals surface area (Å²) >= 11 is 3.59. The molecule has 1 aromatic carbocycles. The lowest BCUT2D eigenvalue weighted by atomic mass is 10.0. The van der Waals surface area contributed by atoms with Gasteiger partial charge in [0.1, 0.15) is 0 Å². The predicted octanol–water partition coefficient (Wildman–Crippen LogP) is 5.89. The lowest BCUT2D eigenvalue weighted by Crippen LogP contribution is -2.46. The van der Waals surface area contributed by atoms with Crippen molar-refractivity contribution < 1.29 is 9.53 Å². The Hall–Kier alpha value is -1.07. The fourth-order valence-electron chi connectivity index (χ4n) is 3.44. The molecular weight excluding hydrogens is 392 g/mol. The van der Waals surface area contributed by atoms with Crippen molar-refractivity contribution in [3.05, 3.63) is 28.7 Å². The Balaban J connectivity index is 1.85. The molecule has 0 radical (unpaired) electrons. The van der Waals surface area contributed by atoms with E-state index in [1.807, 2.05) is 29.2 Å². The third-order valence-corrected chi connectivity index (χ3v) is 5.63. The van der Waals surface area contributed by atoms with Crippen LogP contribution in [-0.4, -0.2) is 31.8 Å². The number of rotatable bonds is 10. The van der Waals surface area contributed by atoms with E-state index in [4.69, 9.17) is 4.74 Å². The molecule has 0 unspecified atom stereocenters. The SMILES string of the molecule is CCCCCCCCCOC(=O)N(c1ccccc1Br)C1CCNCC1. The molecule has 146 valence electrons. The Kier molecular flexibility index (Phi) is 10.1. The Morgan fingerprint density at radius 3 is 2.46 bits per heavy atom. The van der Waals surface area contributed by atoms with Gasteiger partial charge in [-0.3, -0.25) is 4.90 Å². The number of halogens is 1. The second kappa shape index (κ2) is 12.3. The van der Waals surface area contributed by atoms with Crippen LogP contribution in [-0.2, 0) is 4.74 Å². The molecule has 1 amide bonds. The molecule has 1 saturated heterocycles. The summed E-state index contributed by atoms with van der Waals surface area (Å²) in [6.45, 7) is 4.63. The van der Waals surface area contributed by atoms with Crippen LogP contribution in [0.2, 0.25) is 0 Å². The van der Waals surface area contributed by atoms with Crippen LogP contribution < -0.4 is 10.2 Å². The van der Waals surface area contributed by atoms with E-state index < -0.39 is 0 Å². The quantitative estimate of drug-likeness (QED) is 0.475. The Morgan fingerprint density at radius 1 is 1.12 bits per heavy atom. The van der Waals surface area contributed by atoms with Gasteiger partial charge in [0.15, 0.2) is 0 Å². The molecule has 5 heteroatoms. The lowest BCUT2D eigenvalue weighted by molar-refractivity contribution is 0.147. The zero-order chi connectivity index (χ0) is 18.6. The number of benzene rings is 1. The summed E-state index contributed by atoms with van der Waals surface area (Å²) in [5, 5.41) is 3.36. The van der Waals surface area contributed by atoms with E-state index in [9.17, 15) is 4.79 Å². The van der Waals surface area contributed by atoms with Crippen molar-refractivity contribution in [1.29, 1.82) is 0 Å². The Labute approximate surface area is 166 Å². The van der Waals surface area contributed by atoms with E-state index in [0.29, 0.717) is 6.61 Å². The number of anilines is 1. The van der Waals surface area contributed by atoms with Crippen LogP contribution in [0.3, 0.4) is 0 Å². The number of nitrogens with zero attached hydrogens (tertiary/aromatic N) is 1. The molecule has 1 aromatic rings. The van der Waals surface area contributed by atoms with Crippen LogP contribution in [0, 0.1) is 0 Å². The first-order valence-electron chi connectivity index (χ1n) is 10.1. The number of para-hydroxylation sites is 1. The predicted molar refractivity (Wildman–Crippen MR) is 112 cm³/mol. The summed E-state index contributed by atoms with van der Waals surface area (Å²) in [6.07, 6.45) is 10.2. The number of hydrogen-bond donors (Lipinski definition) is 1. The zero-order valence-electron chi connectivity index (χ0n) is 16.0. The molecule has 0 spiro atoms. The van der Waals surface area contributed by atoms with Gasteiger partial charge in [0, 0.05) is 10.5 Å². The Morgan fingerprint density at radius 2 is 1.77 bits per heavy atom. The van der Waals surface area contributed by atoms with Gasteiger partial charge in [-0.15, -0.1) is 0 Å². The summed E-state index contributed by atoms with van der Waals surface area (Å²) in [5.74, 6) is 0. The van der Waals surface area contributed by atoms with Gasteiger partial charge >= 0.3 is 6.09 Å². The van der Waals surface area contributed by atoms with Gasteiger partial charge in [0.2, 0.25) is 0 Å². The number of carbonyl (C=O) groups is 1. The maximum Gasteiger partial charge on any atom is 0.414 e. The molecule has 0 aromatic heterocycles. The van der Waals surface area contributed by atoms with Gasteiger partial charge in [-0.1, -0.05) is 57.6 Å². The van der Waals surface area contributed by atoms with Gasteiger partial charge < -0.3 is 10.1 Å². The van der Waals surface area contributed by atoms with E-state index >= 15 is 0 Å². The largest absolute Gasteiger partial charge is 0.449 e. The summed E-state index contributed by atoms with van der Waals surface area (Å²) in [4.78, 5) is 14.7. The monoisotopic (exact) mass is 424 g/mol. The van der Waals surface area contributed by atoms with Gasteiger partial charge in [0.25, 0.3) is 0 Å². The first kappa shape index (κ1) is 21.2.